The van der Waals surface area contributed by atoms with Crippen molar-refractivity contribution in [2.24, 2.45) is 7.05 Å². The first kappa shape index (κ1) is 9.24. The highest BCUT2D eigenvalue weighted by atomic mass is 16.4. The van der Waals surface area contributed by atoms with Gasteiger partial charge in [-0.1, -0.05) is 0 Å². The van der Waals surface area contributed by atoms with Crippen LogP contribution in [0.1, 0.15) is 5.69 Å². The standard InChI is InChI=1S/C7H9N3O3/c1-4-5(3-10(2)9-4)8-6(11)7(12)13/h3H,1-2H3,(H,8,11)(H,12,13). The molecule has 1 amide bonds. The van der Waals surface area contributed by atoms with Gasteiger partial charge in [0.2, 0.25) is 0 Å². The van der Waals surface area contributed by atoms with Crippen LogP contribution in [0.2, 0.25) is 0 Å². The van der Waals surface area contributed by atoms with Crippen molar-refractivity contribution in [3.05, 3.63) is 11.9 Å². The molecule has 0 spiro atoms. The number of carbonyl (C=O) groups excluding carboxylic acids is 1. The molecular weight excluding hydrogens is 174 g/mol. The first-order valence-electron chi connectivity index (χ1n) is 3.55. The molecule has 13 heavy (non-hydrogen) atoms. The van der Waals surface area contributed by atoms with E-state index in [1.807, 2.05) is 0 Å². The Bertz CT molecular complexity index is 356. The molecule has 0 aliphatic carbocycles. The summed E-state index contributed by atoms with van der Waals surface area (Å²) in [6.07, 6.45) is 1.54. The number of carboxylic acid groups (broad SMARTS) is 1. The zero-order valence-electron chi connectivity index (χ0n) is 7.24. The van der Waals surface area contributed by atoms with Crippen LogP contribution in [-0.4, -0.2) is 26.8 Å². The second-order valence-electron chi connectivity index (χ2n) is 2.56. The fourth-order valence-electron chi connectivity index (χ4n) is 0.898. The summed E-state index contributed by atoms with van der Waals surface area (Å²) in [7, 11) is 1.68. The number of aliphatic carboxylic acids is 1. The zero-order chi connectivity index (χ0) is 10.0. The summed E-state index contributed by atoms with van der Waals surface area (Å²) in [4.78, 5) is 20.9. The van der Waals surface area contributed by atoms with Gasteiger partial charge in [-0.2, -0.15) is 5.10 Å². The van der Waals surface area contributed by atoms with Crippen LogP contribution in [0.5, 0.6) is 0 Å². The highest BCUT2D eigenvalue weighted by Crippen LogP contribution is 2.10. The Labute approximate surface area is 74.2 Å². The second-order valence-corrected chi connectivity index (χ2v) is 2.56. The van der Waals surface area contributed by atoms with E-state index in [2.05, 4.69) is 10.4 Å². The molecule has 1 heterocycles. The van der Waals surface area contributed by atoms with E-state index < -0.39 is 11.9 Å². The van der Waals surface area contributed by atoms with Crippen molar-refractivity contribution < 1.29 is 14.7 Å². The molecule has 0 saturated carbocycles. The molecule has 2 N–H and O–H groups in total. The Morgan fingerprint density at radius 1 is 1.62 bits per heavy atom. The number of hydrogen-bond acceptors (Lipinski definition) is 3. The Morgan fingerprint density at radius 3 is 2.62 bits per heavy atom. The average Bonchev–Trinajstić information content (AvgIpc) is 2.30. The molecule has 0 aromatic carbocycles. The molecule has 0 radical (unpaired) electrons. The third-order valence-corrected chi connectivity index (χ3v) is 1.46. The minimum Gasteiger partial charge on any atom is -0.474 e. The fraction of sp³-hybridized carbons (Fsp3) is 0.286. The summed E-state index contributed by atoms with van der Waals surface area (Å²) in [6, 6.07) is 0. The summed E-state index contributed by atoms with van der Waals surface area (Å²) in [5, 5.41) is 14.4. The normalized spacial score (nSPS) is 9.69. The Morgan fingerprint density at radius 2 is 2.23 bits per heavy atom. The van der Waals surface area contributed by atoms with Crippen LogP contribution in [0.4, 0.5) is 5.69 Å². The van der Waals surface area contributed by atoms with E-state index in [1.54, 1.807) is 14.0 Å². The van der Waals surface area contributed by atoms with Crippen molar-refractivity contribution in [2.75, 3.05) is 5.32 Å². The summed E-state index contributed by atoms with van der Waals surface area (Å²) in [6.45, 7) is 1.68. The van der Waals surface area contributed by atoms with Crippen LogP contribution in [0.15, 0.2) is 6.20 Å². The van der Waals surface area contributed by atoms with E-state index in [-0.39, 0.29) is 0 Å². The van der Waals surface area contributed by atoms with E-state index in [4.69, 9.17) is 5.11 Å². The summed E-state index contributed by atoms with van der Waals surface area (Å²) >= 11 is 0. The summed E-state index contributed by atoms with van der Waals surface area (Å²) < 4.78 is 1.49. The number of carboxylic acids is 1. The van der Waals surface area contributed by atoms with Gasteiger partial charge in [0.05, 0.1) is 11.4 Å². The highest BCUT2D eigenvalue weighted by molar-refractivity contribution is 6.36. The maximum atomic E-state index is 10.7. The molecule has 0 aliphatic rings. The van der Waals surface area contributed by atoms with E-state index in [0.29, 0.717) is 11.4 Å². The maximum Gasteiger partial charge on any atom is 0.394 e. The number of nitrogens with one attached hydrogen (secondary N) is 1. The molecule has 1 aromatic rings. The topological polar surface area (TPSA) is 84.2 Å². The van der Waals surface area contributed by atoms with Crippen LogP contribution in [-0.2, 0) is 16.6 Å². The van der Waals surface area contributed by atoms with Gasteiger partial charge in [-0.15, -0.1) is 0 Å². The smallest absolute Gasteiger partial charge is 0.394 e. The van der Waals surface area contributed by atoms with E-state index in [1.165, 1.54) is 10.9 Å². The molecule has 1 rings (SSSR count). The first-order valence-corrected chi connectivity index (χ1v) is 3.55. The molecule has 0 atom stereocenters. The van der Waals surface area contributed by atoms with Crippen molar-refractivity contribution in [2.45, 2.75) is 6.92 Å². The van der Waals surface area contributed by atoms with E-state index in [9.17, 15) is 9.59 Å². The number of carbonyl (C=O) groups is 2. The van der Waals surface area contributed by atoms with Gasteiger partial charge in [-0.25, -0.2) is 4.79 Å². The fourth-order valence-corrected chi connectivity index (χ4v) is 0.898. The van der Waals surface area contributed by atoms with Crippen molar-refractivity contribution in [1.29, 1.82) is 0 Å². The van der Waals surface area contributed by atoms with Crippen LogP contribution in [0.3, 0.4) is 0 Å². The number of aryl methyl sites for hydroxylation is 2. The lowest BCUT2D eigenvalue weighted by Crippen LogP contribution is -2.21. The molecular formula is C7H9N3O3. The molecule has 1 aromatic heterocycles. The third kappa shape index (κ3) is 2.05. The SMILES string of the molecule is Cc1nn(C)cc1NC(=O)C(=O)O. The van der Waals surface area contributed by atoms with Crippen LogP contribution >= 0.6 is 0 Å². The van der Waals surface area contributed by atoms with E-state index >= 15 is 0 Å². The molecule has 0 fully saturated rings. The minimum atomic E-state index is -1.51. The predicted octanol–water partition coefficient (Wildman–Crippen LogP) is -0.248. The number of rotatable bonds is 1. The summed E-state index contributed by atoms with van der Waals surface area (Å²) in [5.41, 5.74) is 0.993. The van der Waals surface area contributed by atoms with Gasteiger partial charge in [0, 0.05) is 13.2 Å². The predicted molar refractivity (Wildman–Crippen MR) is 44.2 cm³/mol. The number of hydrogen-bond donors (Lipinski definition) is 2. The Hall–Kier alpha value is -1.85. The molecule has 6 nitrogen and oxygen atoms in total. The van der Waals surface area contributed by atoms with Crippen molar-refractivity contribution in [1.82, 2.24) is 9.78 Å². The maximum absolute atomic E-state index is 10.7. The third-order valence-electron chi connectivity index (χ3n) is 1.46. The van der Waals surface area contributed by atoms with Crippen molar-refractivity contribution in [3.63, 3.8) is 0 Å². The van der Waals surface area contributed by atoms with Gasteiger partial charge >= 0.3 is 11.9 Å². The molecule has 6 heteroatoms. The van der Waals surface area contributed by atoms with E-state index in [0.717, 1.165) is 0 Å². The number of amides is 1. The average molecular weight is 183 g/mol. The number of nitrogens with zero attached hydrogens (tertiary/aromatic N) is 2. The highest BCUT2D eigenvalue weighted by Gasteiger charge is 2.13. The number of anilines is 1. The Kier molecular flexibility index (Phi) is 2.32. The molecule has 0 unspecified atom stereocenters. The Balaban J connectivity index is 2.80. The van der Waals surface area contributed by atoms with Gasteiger partial charge in [-0.05, 0) is 6.92 Å². The van der Waals surface area contributed by atoms with Gasteiger partial charge in [-0.3, -0.25) is 9.48 Å². The number of aromatic nitrogens is 2. The lowest BCUT2D eigenvalue weighted by molar-refractivity contribution is -0.147. The van der Waals surface area contributed by atoms with Crippen LogP contribution in [0, 0.1) is 6.92 Å². The molecule has 70 valence electrons. The lowest BCUT2D eigenvalue weighted by atomic mass is 10.4. The molecule has 0 bridgehead atoms. The quantitative estimate of drug-likeness (QED) is 0.588. The minimum absolute atomic E-state index is 0.412. The van der Waals surface area contributed by atoms with Crippen LogP contribution in [0.25, 0.3) is 0 Å². The van der Waals surface area contributed by atoms with Gasteiger partial charge < -0.3 is 10.4 Å². The van der Waals surface area contributed by atoms with Gasteiger partial charge in [0.15, 0.2) is 0 Å². The largest absolute Gasteiger partial charge is 0.474 e. The van der Waals surface area contributed by atoms with Gasteiger partial charge in [0.1, 0.15) is 0 Å². The molecule has 0 aliphatic heterocycles. The molecule has 0 saturated heterocycles. The van der Waals surface area contributed by atoms with Crippen molar-refractivity contribution in [3.8, 4) is 0 Å². The second kappa shape index (κ2) is 3.26. The lowest BCUT2D eigenvalue weighted by Gasteiger charge is -1.97. The first-order chi connectivity index (χ1) is 6.00. The summed E-state index contributed by atoms with van der Waals surface area (Å²) in [5.74, 6) is -2.57. The zero-order valence-corrected chi connectivity index (χ0v) is 7.24. The monoisotopic (exact) mass is 183 g/mol. The van der Waals surface area contributed by atoms with Crippen LogP contribution < -0.4 is 5.32 Å². The van der Waals surface area contributed by atoms with Gasteiger partial charge in [0.25, 0.3) is 0 Å². The van der Waals surface area contributed by atoms with Crippen molar-refractivity contribution >= 4 is 17.6 Å².